The lowest BCUT2D eigenvalue weighted by Gasteiger charge is -2.08. The van der Waals surface area contributed by atoms with E-state index in [9.17, 15) is 4.79 Å². The number of hydrogen-bond donors (Lipinski definition) is 2. The minimum atomic E-state index is -0.0997. The van der Waals surface area contributed by atoms with E-state index in [-0.39, 0.29) is 5.91 Å². The van der Waals surface area contributed by atoms with E-state index >= 15 is 0 Å². The molecule has 5 heteroatoms. The van der Waals surface area contributed by atoms with Gasteiger partial charge in [-0.25, -0.2) is 4.98 Å². The quantitative estimate of drug-likeness (QED) is 0.766. The van der Waals surface area contributed by atoms with E-state index in [1.807, 2.05) is 6.07 Å². The normalized spacial score (nSPS) is 9.91. The number of anilines is 2. The number of carbonyl (C=O) groups excluding carboxylic acids is 1. The van der Waals surface area contributed by atoms with Gasteiger partial charge in [-0.1, -0.05) is 25.8 Å². The van der Waals surface area contributed by atoms with Crippen LogP contribution in [0.25, 0.3) is 0 Å². The standard InChI is InChI=1S/C18H20N4O/c1-2-3-4-9-21-18(23)15-8-10-20-17(12-15)22-16-7-5-6-14(11-16)13-19/h5-8,10-12H,2-4,9H2,1H3,(H,20,22)(H,21,23). The maximum absolute atomic E-state index is 12.1. The first-order valence-corrected chi connectivity index (χ1v) is 7.74. The Morgan fingerprint density at radius 2 is 2.13 bits per heavy atom. The molecule has 0 bridgehead atoms. The Balaban J connectivity index is 2.01. The number of carbonyl (C=O) groups is 1. The summed E-state index contributed by atoms with van der Waals surface area (Å²) in [6, 6.07) is 12.6. The third-order valence-electron chi connectivity index (χ3n) is 3.35. The Kier molecular flexibility index (Phi) is 6.13. The first-order chi connectivity index (χ1) is 11.2. The predicted octanol–water partition coefficient (Wildman–Crippen LogP) is 3.62. The Morgan fingerprint density at radius 3 is 2.91 bits per heavy atom. The van der Waals surface area contributed by atoms with Gasteiger partial charge in [0.15, 0.2) is 0 Å². The molecular weight excluding hydrogens is 288 g/mol. The van der Waals surface area contributed by atoms with Gasteiger partial charge in [-0.15, -0.1) is 0 Å². The summed E-state index contributed by atoms with van der Waals surface area (Å²) in [5, 5.41) is 14.9. The number of nitriles is 1. The minimum Gasteiger partial charge on any atom is -0.352 e. The van der Waals surface area contributed by atoms with E-state index in [1.54, 1.807) is 36.5 Å². The molecule has 0 aliphatic rings. The molecule has 118 valence electrons. The minimum absolute atomic E-state index is 0.0997. The first-order valence-electron chi connectivity index (χ1n) is 7.74. The van der Waals surface area contributed by atoms with E-state index in [0.29, 0.717) is 23.5 Å². The number of pyridine rings is 1. The van der Waals surface area contributed by atoms with Gasteiger partial charge in [-0.2, -0.15) is 5.26 Å². The zero-order chi connectivity index (χ0) is 16.5. The molecule has 0 saturated carbocycles. The average Bonchev–Trinajstić information content (AvgIpc) is 2.59. The van der Waals surface area contributed by atoms with Gasteiger partial charge >= 0.3 is 0 Å². The van der Waals surface area contributed by atoms with Gasteiger partial charge in [-0.05, 0) is 36.8 Å². The van der Waals surface area contributed by atoms with Crippen LogP contribution >= 0.6 is 0 Å². The van der Waals surface area contributed by atoms with Crippen LogP contribution in [-0.4, -0.2) is 17.4 Å². The van der Waals surface area contributed by atoms with Crippen LogP contribution in [0.5, 0.6) is 0 Å². The number of benzene rings is 1. The second kappa shape index (κ2) is 8.54. The molecule has 0 saturated heterocycles. The fourth-order valence-corrected chi connectivity index (χ4v) is 2.13. The highest BCUT2D eigenvalue weighted by Gasteiger charge is 2.06. The summed E-state index contributed by atoms with van der Waals surface area (Å²) >= 11 is 0. The van der Waals surface area contributed by atoms with Gasteiger partial charge in [0.1, 0.15) is 5.82 Å². The smallest absolute Gasteiger partial charge is 0.251 e. The molecule has 0 fully saturated rings. The fraction of sp³-hybridized carbons (Fsp3) is 0.278. The van der Waals surface area contributed by atoms with Gasteiger partial charge in [0.25, 0.3) is 5.91 Å². The number of rotatable bonds is 7. The van der Waals surface area contributed by atoms with Crippen LogP contribution in [0.1, 0.15) is 42.1 Å². The number of amides is 1. The summed E-state index contributed by atoms with van der Waals surface area (Å²) in [6.45, 7) is 2.81. The molecule has 2 aromatic rings. The molecule has 1 aromatic carbocycles. The van der Waals surface area contributed by atoms with E-state index in [4.69, 9.17) is 5.26 Å². The number of aromatic nitrogens is 1. The molecule has 0 unspecified atom stereocenters. The lowest BCUT2D eigenvalue weighted by molar-refractivity contribution is 0.0953. The number of nitrogens with one attached hydrogen (secondary N) is 2. The van der Waals surface area contributed by atoms with Crippen LogP contribution in [-0.2, 0) is 0 Å². The van der Waals surface area contributed by atoms with Crippen molar-refractivity contribution in [2.24, 2.45) is 0 Å². The molecule has 0 aliphatic carbocycles. The number of hydrogen-bond acceptors (Lipinski definition) is 4. The lowest BCUT2D eigenvalue weighted by atomic mass is 10.2. The summed E-state index contributed by atoms with van der Waals surface area (Å²) in [4.78, 5) is 16.3. The van der Waals surface area contributed by atoms with Gasteiger partial charge in [0, 0.05) is 24.0 Å². The highest BCUT2D eigenvalue weighted by molar-refractivity contribution is 5.94. The summed E-state index contributed by atoms with van der Waals surface area (Å²) < 4.78 is 0. The van der Waals surface area contributed by atoms with Crippen LogP contribution < -0.4 is 10.6 Å². The Labute approximate surface area is 136 Å². The van der Waals surface area contributed by atoms with Gasteiger partial charge in [0.05, 0.1) is 11.6 Å². The highest BCUT2D eigenvalue weighted by atomic mass is 16.1. The molecule has 0 radical (unpaired) electrons. The van der Waals surface area contributed by atoms with Crippen molar-refractivity contribution in [1.82, 2.24) is 10.3 Å². The third-order valence-corrected chi connectivity index (χ3v) is 3.35. The molecule has 2 rings (SSSR count). The third kappa shape index (κ3) is 5.11. The monoisotopic (exact) mass is 308 g/mol. The van der Waals surface area contributed by atoms with E-state index in [1.165, 1.54) is 0 Å². The topological polar surface area (TPSA) is 77.8 Å². The molecule has 0 atom stereocenters. The van der Waals surface area contributed by atoms with Crippen molar-refractivity contribution < 1.29 is 4.79 Å². The second-order valence-electron chi connectivity index (χ2n) is 5.21. The molecule has 1 aromatic heterocycles. The summed E-state index contributed by atoms with van der Waals surface area (Å²) in [5.41, 5.74) is 1.90. The lowest BCUT2D eigenvalue weighted by Crippen LogP contribution is -2.24. The maximum atomic E-state index is 12.1. The number of nitrogens with zero attached hydrogens (tertiary/aromatic N) is 2. The molecule has 2 N–H and O–H groups in total. The summed E-state index contributed by atoms with van der Waals surface area (Å²) in [6.07, 6.45) is 4.82. The van der Waals surface area contributed by atoms with Crippen molar-refractivity contribution in [3.05, 3.63) is 53.7 Å². The first kappa shape index (κ1) is 16.5. The SMILES string of the molecule is CCCCCNC(=O)c1ccnc(Nc2cccc(C#N)c2)c1. The number of unbranched alkanes of at least 4 members (excludes halogenated alkanes) is 2. The van der Waals surface area contributed by atoms with Crippen LogP contribution in [0.15, 0.2) is 42.6 Å². The van der Waals surface area contributed by atoms with Crippen molar-refractivity contribution in [1.29, 1.82) is 5.26 Å². The largest absolute Gasteiger partial charge is 0.352 e. The zero-order valence-electron chi connectivity index (χ0n) is 13.2. The van der Waals surface area contributed by atoms with E-state index in [0.717, 1.165) is 24.9 Å². The van der Waals surface area contributed by atoms with Crippen molar-refractivity contribution in [2.75, 3.05) is 11.9 Å². The maximum Gasteiger partial charge on any atom is 0.251 e. The Bertz CT molecular complexity index is 706. The van der Waals surface area contributed by atoms with Crippen molar-refractivity contribution in [2.45, 2.75) is 26.2 Å². The van der Waals surface area contributed by atoms with Gasteiger partial charge < -0.3 is 10.6 Å². The zero-order valence-corrected chi connectivity index (χ0v) is 13.2. The highest BCUT2D eigenvalue weighted by Crippen LogP contribution is 2.16. The van der Waals surface area contributed by atoms with Crippen LogP contribution in [0, 0.1) is 11.3 Å². The molecule has 0 spiro atoms. The van der Waals surface area contributed by atoms with Gasteiger partial charge in [-0.3, -0.25) is 4.79 Å². The fourth-order valence-electron chi connectivity index (χ4n) is 2.13. The van der Waals surface area contributed by atoms with Gasteiger partial charge in [0.2, 0.25) is 0 Å². The Morgan fingerprint density at radius 1 is 1.26 bits per heavy atom. The molecule has 1 amide bonds. The Hall–Kier alpha value is -2.87. The molecule has 1 heterocycles. The summed E-state index contributed by atoms with van der Waals surface area (Å²) in [7, 11) is 0. The van der Waals surface area contributed by atoms with Crippen LogP contribution in [0.3, 0.4) is 0 Å². The van der Waals surface area contributed by atoms with Crippen molar-refractivity contribution in [3.8, 4) is 6.07 Å². The second-order valence-corrected chi connectivity index (χ2v) is 5.21. The van der Waals surface area contributed by atoms with Crippen molar-refractivity contribution >= 4 is 17.4 Å². The molecule has 23 heavy (non-hydrogen) atoms. The summed E-state index contributed by atoms with van der Waals surface area (Å²) in [5.74, 6) is 0.471. The average molecular weight is 308 g/mol. The van der Waals surface area contributed by atoms with Crippen LogP contribution in [0.2, 0.25) is 0 Å². The van der Waals surface area contributed by atoms with Crippen molar-refractivity contribution in [3.63, 3.8) is 0 Å². The van der Waals surface area contributed by atoms with Crippen LogP contribution in [0.4, 0.5) is 11.5 Å². The molecule has 0 aliphatic heterocycles. The van der Waals surface area contributed by atoms with E-state index in [2.05, 4.69) is 28.6 Å². The van der Waals surface area contributed by atoms with E-state index < -0.39 is 0 Å². The molecular formula is C18H20N4O. The predicted molar refractivity (Wildman–Crippen MR) is 90.5 cm³/mol. The molecule has 5 nitrogen and oxygen atoms in total.